The summed E-state index contributed by atoms with van der Waals surface area (Å²) >= 11 is 0. The van der Waals surface area contributed by atoms with Gasteiger partial charge < -0.3 is 4.74 Å². The average molecular weight is 294 g/mol. The summed E-state index contributed by atoms with van der Waals surface area (Å²) in [5.74, 6) is 1.30. The SMILES string of the molecule is CCOC(=O)/C=C(C)/C=C/CC(C)CCCCCC(C)C. The topological polar surface area (TPSA) is 26.3 Å². The summed E-state index contributed by atoms with van der Waals surface area (Å²) < 4.78 is 4.88. The molecule has 1 atom stereocenters. The fraction of sp³-hybridized carbons (Fsp3) is 0.737. The summed E-state index contributed by atoms with van der Waals surface area (Å²) in [5.41, 5.74) is 0.956. The summed E-state index contributed by atoms with van der Waals surface area (Å²) in [5, 5.41) is 0. The van der Waals surface area contributed by atoms with Crippen molar-refractivity contribution in [2.75, 3.05) is 6.61 Å². The maximum atomic E-state index is 11.3. The molecule has 0 aliphatic carbocycles. The fourth-order valence-electron chi connectivity index (χ4n) is 2.24. The molecule has 0 spiro atoms. The molecule has 2 nitrogen and oxygen atoms in total. The van der Waals surface area contributed by atoms with Crippen molar-refractivity contribution < 1.29 is 9.53 Å². The summed E-state index contributed by atoms with van der Waals surface area (Å²) in [4.78, 5) is 11.3. The first-order valence-electron chi connectivity index (χ1n) is 8.47. The molecule has 0 saturated carbocycles. The minimum absolute atomic E-state index is 0.252. The van der Waals surface area contributed by atoms with Gasteiger partial charge in [0.05, 0.1) is 6.61 Å². The van der Waals surface area contributed by atoms with Crippen LogP contribution in [0.5, 0.6) is 0 Å². The quantitative estimate of drug-likeness (QED) is 0.212. The zero-order valence-electron chi connectivity index (χ0n) is 14.7. The minimum atomic E-state index is -0.252. The van der Waals surface area contributed by atoms with E-state index in [1.807, 2.05) is 19.9 Å². The van der Waals surface area contributed by atoms with E-state index in [0.717, 1.165) is 23.8 Å². The Labute approximate surface area is 131 Å². The Hall–Kier alpha value is -1.05. The normalized spacial score (nSPS) is 13.9. The van der Waals surface area contributed by atoms with Crippen LogP contribution < -0.4 is 0 Å². The van der Waals surface area contributed by atoms with Crippen molar-refractivity contribution in [3.8, 4) is 0 Å². The molecule has 0 rings (SSSR count). The van der Waals surface area contributed by atoms with Crippen molar-refractivity contribution in [3.63, 3.8) is 0 Å². The van der Waals surface area contributed by atoms with Gasteiger partial charge in [0.25, 0.3) is 0 Å². The molecule has 0 heterocycles. The van der Waals surface area contributed by atoms with E-state index >= 15 is 0 Å². The zero-order valence-corrected chi connectivity index (χ0v) is 14.7. The molecule has 122 valence electrons. The van der Waals surface area contributed by atoms with Crippen LogP contribution in [0.2, 0.25) is 0 Å². The minimum Gasteiger partial charge on any atom is -0.463 e. The lowest BCUT2D eigenvalue weighted by Crippen LogP contribution is -1.99. The lowest BCUT2D eigenvalue weighted by atomic mass is 9.97. The molecule has 0 aliphatic rings. The summed E-state index contributed by atoms with van der Waals surface area (Å²) in [7, 11) is 0. The predicted octanol–water partition coefficient (Wildman–Crippen LogP) is 5.68. The lowest BCUT2D eigenvalue weighted by Gasteiger charge is -2.09. The van der Waals surface area contributed by atoms with E-state index in [0.29, 0.717) is 6.61 Å². The second kappa shape index (κ2) is 12.7. The molecule has 1 unspecified atom stereocenters. The van der Waals surface area contributed by atoms with Gasteiger partial charge in [-0.3, -0.25) is 0 Å². The number of esters is 1. The smallest absolute Gasteiger partial charge is 0.330 e. The Balaban J connectivity index is 3.78. The van der Waals surface area contributed by atoms with E-state index in [9.17, 15) is 4.79 Å². The molecule has 0 bridgehead atoms. The highest BCUT2D eigenvalue weighted by Gasteiger charge is 2.01. The number of carbonyl (C=O) groups is 1. The van der Waals surface area contributed by atoms with Crippen molar-refractivity contribution in [1.82, 2.24) is 0 Å². The molecule has 0 N–H and O–H groups in total. The largest absolute Gasteiger partial charge is 0.463 e. The Morgan fingerprint density at radius 2 is 1.76 bits per heavy atom. The van der Waals surface area contributed by atoms with Gasteiger partial charge in [0.2, 0.25) is 0 Å². The Morgan fingerprint density at radius 3 is 2.38 bits per heavy atom. The van der Waals surface area contributed by atoms with Crippen LogP contribution in [-0.4, -0.2) is 12.6 Å². The number of hydrogen-bond donors (Lipinski definition) is 0. The summed E-state index contributed by atoms with van der Waals surface area (Å²) in [6, 6.07) is 0. The summed E-state index contributed by atoms with van der Waals surface area (Å²) in [6.07, 6.45) is 13.5. The van der Waals surface area contributed by atoms with Gasteiger partial charge in [0, 0.05) is 6.08 Å². The molecule has 0 aromatic rings. The average Bonchev–Trinajstić information content (AvgIpc) is 2.38. The van der Waals surface area contributed by atoms with Crippen LogP contribution in [0, 0.1) is 11.8 Å². The third kappa shape index (κ3) is 13.7. The second-order valence-corrected chi connectivity index (χ2v) is 6.42. The van der Waals surface area contributed by atoms with E-state index in [1.165, 1.54) is 32.1 Å². The maximum Gasteiger partial charge on any atom is 0.330 e. The van der Waals surface area contributed by atoms with Gasteiger partial charge in [-0.1, -0.05) is 65.0 Å². The molecule has 0 aromatic carbocycles. The first-order chi connectivity index (χ1) is 9.95. The number of unbranched alkanes of at least 4 members (excludes halogenated alkanes) is 2. The Morgan fingerprint density at radius 1 is 1.10 bits per heavy atom. The standard InChI is InChI=1S/C19H34O2/c1-6-21-19(20)15-18(5)14-10-13-17(4)12-9-7-8-11-16(2)3/h10,14-17H,6-9,11-13H2,1-5H3/b14-10+,18-15+. The Bertz CT molecular complexity index is 326. The van der Waals surface area contributed by atoms with Gasteiger partial charge in [-0.05, 0) is 37.7 Å². The molecule has 0 aliphatic heterocycles. The van der Waals surface area contributed by atoms with Crippen LogP contribution in [0.25, 0.3) is 0 Å². The van der Waals surface area contributed by atoms with E-state index < -0.39 is 0 Å². The monoisotopic (exact) mass is 294 g/mol. The predicted molar refractivity (Wildman–Crippen MR) is 91.2 cm³/mol. The number of hydrogen-bond acceptors (Lipinski definition) is 2. The van der Waals surface area contributed by atoms with Crippen molar-refractivity contribution in [1.29, 1.82) is 0 Å². The van der Waals surface area contributed by atoms with E-state index in [4.69, 9.17) is 4.74 Å². The molecule has 2 heteroatoms. The number of rotatable bonds is 11. The first kappa shape index (κ1) is 19.9. The van der Waals surface area contributed by atoms with Crippen LogP contribution >= 0.6 is 0 Å². The zero-order chi connectivity index (χ0) is 16.1. The van der Waals surface area contributed by atoms with Gasteiger partial charge in [-0.15, -0.1) is 0 Å². The van der Waals surface area contributed by atoms with Gasteiger partial charge >= 0.3 is 5.97 Å². The molecular weight excluding hydrogens is 260 g/mol. The van der Waals surface area contributed by atoms with Gasteiger partial charge in [0.1, 0.15) is 0 Å². The van der Waals surface area contributed by atoms with Crippen LogP contribution in [-0.2, 0) is 9.53 Å². The van der Waals surface area contributed by atoms with Crippen molar-refractivity contribution in [2.45, 2.75) is 73.1 Å². The fourth-order valence-corrected chi connectivity index (χ4v) is 2.24. The second-order valence-electron chi connectivity index (χ2n) is 6.42. The lowest BCUT2D eigenvalue weighted by molar-refractivity contribution is -0.137. The van der Waals surface area contributed by atoms with Gasteiger partial charge in [-0.2, -0.15) is 0 Å². The van der Waals surface area contributed by atoms with Crippen molar-refractivity contribution in [3.05, 3.63) is 23.8 Å². The van der Waals surface area contributed by atoms with E-state index in [2.05, 4.69) is 26.8 Å². The number of ether oxygens (including phenoxy) is 1. The van der Waals surface area contributed by atoms with E-state index in [-0.39, 0.29) is 5.97 Å². The molecule has 0 saturated heterocycles. The molecule has 21 heavy (non-hydrogen) atoms. The molecule has 0 radical (unpaired) electrons. The van der Waals surface area contributed by atoms with Crippen LogP contribution in [0.15, 0.2) is 23.8 Å². The number of carbonyl (C=O) groups excluding carboxylic acids is 1. The van der Waals surface area contributed by atoms with Crippen LogP contribution in [0.3, 0.4) is 0 Å². The highest BCUT2D eigenvalue weighted by molar-refractivity contribution is 5.83. The maximum absolute atomic E-state index is 11.3. The highest BCUT2D eigenvalue weighted by atomic mass is 16.5. The molecule has 0 fully saturated rings. The molecule has 0 aromatic heterocycles. The summed E-state index contributed by atoms with van der Waals surface area (Å²) in [6.45, 7) is 11.1. The molecular formula is C19H34O2. The van der Waals surface area contributed by atoms with Crippen LogP contribution in [0.1, 0.15) is 73.1 Å². The number of allylic oxidation sites excluding steroid dienone is 3. The van der Waals surface area contributed by atoms with Gasteiger partial charge in [-0.25, -0.2) is 4.79 Å². The third-order valence-electron chi connectivity index (χ3n) is 3.53. The van der Waals surface area contributed by atoms with Crippen molar-refractivity contribution >= 4 is 5.97 Å². The van der Waals surface area contributed by atoms with Gasteiger partial charge in [0.15, 0.2) is 0 Å². The first-order valence-corrected chi connectivity index (χ1v) is 8.47. The van der Waals surface area contributed by atoms with Crippen molar-refractivity contribution in [2.24, 2.45) is 11.8 Å². The molecule has 0 amide bonds. The third-order valence-corrected chi connectivity index (χ3v) is 3.53. The van der Waals surface area contributed by atoms with Crippen LogP contribution in [0.4, 0.5) is 0 Å². The van der Waals surface area contributed by atoms with E-state index in [1.54, 1.807) is 6.08 Å². The Kier molecular flexibility index (Phi) is 12.0. The highest BCUT2D eigenvalue weighted by Crippen LogP contribution is 2.16.